The van der Waals surface area contributed by atoms with Gasteiger partial charge in [-0.3, -0.25) is 14.4 Å². The lowest BCUT2D eigenvalue weighted by Gasteiger charge is -2.16. The molecule has 4 rings (SSSR count). The Morgan fingerprint density at radius 2 is 1.93 bits per heavy atom. The van der Waals surface area contributed by atoms with Crippen molar-refractivity contribution in [1.29, 1.82) is 0 Å². The highest BCUT2D eigenvalue weighted by Crippen LogP contribution is 2.37. The normalized spacial score (nSPS) is 13.6. The van der Waals surface area contributed by atoms with Crippen molar-refractivity contribution in [1.82, 2.24) is 4.98 Å². The molecule has 3 heterocycles. The number of aryl methyl sites for hydroxylation is 1. The number of primary amides is 1. The van der Waals surface area contributed by atoms with Crippen LogP contribution in [0.3, 0.4) is 0 Å². The lowest BCUT2D eigenvalue weighted by Crippen LogP contribution is -2.23. The van der Waals surface area contributed by atoms with Crippen LogP contribution in [-0.2, 0) is 4.79 Å². The number of H-pyrrole nitrogens is 1. The van der Waals surface area contributed by atoms with E-state index in [1.807, 2.05) is 0 Å². The highest BCUT2D eigenvalue weighted by Gasteiger charge is 2.28. The van der Waals surface area contributed by atoms with Crippen molar-refractivity contribution in [2.24, 2.45) is 5.73 Å². The van der Waals surface area contributed by atoms with Crippen molar-refractivity contribution in [3.05, 3.63) is 61.9 Å². The average molecular weight is 384 g/mol. The number of hydrogen-bond acceptors (Lipinski definition) is 7. The van der Waals surface area contributed by atoms with Crippen LogP contribution in [0.5, 0.6) is 17.2 Å². The first kappa shape index (κ1) is 17.7. The smallest absolute Gasteiger partial charge is 0.252 e. The van der Waals surface area contributed by atoms with Gasteiger partial charge in [-0.15, -0.1) is 0 Å². The van der Waals surface area contributed by atoms with Gasteiger partial charge in [0, 0.05) is 29.5 Å². The zero-order chi connectivity index (χ0) is 20.0. The summed E-state index contributed by atoms with van der Waals surface area (Å²) in [6.07, 6.45) is -0.334. The molecule has 1 atom stereocenters. The number of amides is 1. The zero-order valence-electron chi connectivity index (χ0n) is 14.8. The minimum atomic E-state index is -1.04. The third kappa shape index (κ3) is 2.96. The fourth-order valence-corrected chi connectivity index (χ4v) is 3.28. The molecule has 0 spiro atoms. The Hall–Kier alpha value is -3.75. The number of pyridine rings is 1. The Morgan fingerprint density at radius 3 is 2.64 bits per heavy atom. The topological polar surface area (TPSA) is 145 Å². The fourth-order valence-electron chi connectivity index (χ4n) is 3.28. The third-order valence-electron chi connectivity index (χ3n) is 4.54. The second kappa shape index (κ2) is 6.45. The molecule has 0 saturated carbocycles. The van der Waals surface area contributed by atoms with Gasteiger partial charge in [-0.2, -0.15) is 0 Å². The molecule has 2 aromatic heterocycles. The molecule has 28 heavy (non-hydrogen) atoms. The first-order valence-corrected chi connectivity index (χ1v) is 8.42. The Kier molecular flexibility index (Phi) is 4.07. The number of carbonyl (C=O) groups excluding carboxylic acids is 1. The summed E-state index contributed by atoms with van der Waals surface area (Å²) in [5.74, 6) is -1.36. The number of nitrogens with one attached hydrogen (secondary N) is 1. The molecule has 3 aromatic rings. The number of nitrogens with two attached hydrogens (primary N) is 1. The first-order valence-electron chi connectivity index (χ1n) is 8.42. The maximum Gasteiger partial charge on any atom is 0.252 e. The Bertz CT molecular complexity index is 1230. The summed E-state index contributed by atoms with van der Waals surface area (Å²) in [5.41, 5.74) is 4.78. The van der Waals surface area contributed by atoms with Gasteiger partial charge < -0.3 is 29.7 Å². The minimum absolute atomic E-state index is 0.0787. The van der Waals surface area contributed by atoms with Gasteiger partial charge in [0.2, 0.25) is 23.9 Å². The predicted molar refractivity (Wildman–Crippen MR) is 97.7 cm³/mol. The molecule has 1 aliphatic rings. The molecule has 144 valence electrons. The summed E-state index contributed by atoms with van der Waals surface area (Å²) in [7, 11) is 0. The number of benzene rings is 1. The van der Waals surface area contributed by atoms with Gasteiger partial charge in [0.1, 0.15) is 5.76 Å². The second-order valence-corrected chi connectivity index (χ2v) is 6.50. The molecule has 0 bridgehead atoms. The number of aromatic nitrogens is 1. The monoisotopic (exact) mass is 384 g/mol. The maximum atomic E-state index is 12.7. The Morgan fingerprint density at radius 1 is 1.21 bits per heavy atom. The van der Waals surface area contributed by atoms with Crippen LogP contribution in [0.15, 0.2) is 38.3 Å². The molecular weight excluding hydrogens is 368 g/mol. The molecule has 0 unspecified atom stereocenters. The van der Waals surface area contributed by atoms with E-state index in [1.54, 1.807) is 18.2 Å². The summed E-state index contributed by atoms with van der Waals surface area (Å²) in [6.45, 7) is 1.60. The quantitative estimate of drug-likeness (QED) is 0.613. The molecule has 4 N–H and O–H groups in total. The van der Waals surface area contributed by atoms with Crippen molar-refractivity contribution in [3.63, 3.8) is 0 Å². The standard InChI is InChI=1S/C19H16N2O7/c1-8-2-13(22)17(24)18(28-8)10(5-16(20)23)11-3-9-4-14-15(27-7-26-14)6-12(9)21-19(11)25/h2-4,6,10,24H,5,7H2,1H3,(H2,20,23)(H,21,25)/t10-/m0/s1. The Balaban J connectivity index is 1.94. The molecule has 0 aliphatic carbocycles. The van der Waals surface area contributed by atoms with Crippen LogP contribution in [0.25, 0.3) is 10.9 Å². The highest BCUT2D eigenvalue weighted by molar-refractivity contribution is 5.84. The second-order valence-electron chi connectivity index (χ2n) is 6.50. The number of hydrogen-bond donors (Lipinski definition) is 3. The minimum Gasteiger partial charge on any atom is -0.502 e. The average Bonchev–Trinajstić information content (AvgIpc) is 3.07. The molecule has 9 heteroatoms. The van der Waals surface area contributed by atoms with Crippen molar-refractivity contribution in [2.45, 2.75) is 19.3 Å². The molecule has 9 nitrogen and oxygen atoms in total. The SMILES string of the molecule is Cc1cc(=O)c(O)c([C@@H](CC(N)=O)c2cc3cc4c(cc3[nH]c2=O)OCO4)o1. The fraction of sp³-hybridized carbons (Fsp3) is 0.211. The molecule has 1 aromatic carbocycles. The van der Waals surface area contributed by atoms with E-state index >= 15 is 0 Å². The van der Waals surface area contributed by atoms with Gasteiger partial charge in [-0.1, -0.05) is 0 Å². The largest absolute Gasteiger partial charge is 0.502 e. The molecule has 0 radical (unpaired) electrons. The molecular formula is C19H16N2O7. The van der Waals surface area contributed by atoms with Gasteiger partial charge >= 0.3 is 0 Å². The summed E-state index contributed by atoms with van der Waals surface area (Å²) in [4.78, 5) is 39.0. The first-order chi connectivity index (χ1) is 13.3. The van der Waals surface area contributed by atoms with E-state index in [2.05, 4.69) is 4.98 Å². The molecule has 0 saturated heterocycles. The van der Waals surface area contributed by atoms with E-state index in [0.29, 0.717) is 22.4 Å². The van der Waals surface area contributed by atoms with Crippen LogP contribution in [0.1, 0.15) is 29.4 Å². The number of rotatable bonds is 4. The van der Waals surface area contributed by atoms with E-state index in [-0.39, 0.29) is 30.3 Å². The highest BCUT2D eigenvalue weighted by atomic mass is 16.7. The summed E-state index contributed by atoms with van der Waals surface area (Å²) in [5, 5.41) is 10.8. The summed E-state index contributed by atoms with van der Waals surface area (Å²) in [6, 6.07) is 5.98. The number of aromatic hydroxyl groups is 1. The number of aromatic amines is 1. The van der Waals surface area contributed by atoms with E-state index < -0.39 is 28.6 Å². The van der Waals surface area contributed by atoms with Crippen molar-refractivity contribution in [2.75, 3.05) is 6.79 Å². The van der Waals surface area contributed by atoms with Crippen LogP contribution < -0.4 is 26.2 Å². The molecule has 0 fully saturated rings. The van der Waals surface area contributed by atoms with Crippen LogP contribution in [-0.4, -0.2) is 22.8 Å². The van der Waals surface area contributed by atoms with Gasteiger partial charge in [0.25, 0.3) is 5.56 Å². The zero-order valence-corrected chi connectivity index (χ0v) is 14.8. The van der Waals surface area contributed by atoms with Crippen molar-refractivity contribution in [3.8, 4) is 17.2 Å². The van der Waals surface area contributed by atoms with Crippen LogP contribution in [0, 0.1) is 6.92 Å². The van der Waals surface area contributed by atoms with E-state index in [0.717, 1.165) is 6.07 Å². The molecule has 1 amide bonds. The van der Waals surface area contributed by atoms with Gasteiger partial charge in [-0.05, 0) is 19.1 Å². The number of carbonyl (C=O) groups is 1. The maximum absolute atomic E-state index is 12.7. The Labute approximate surface area is 157 Å². The summed E-state index contributed by atoms with van der Waals surface area (Å²) < 4.78 is 16.1. The lowest BCUT2D eigenvalue weighted by molar-refractivity contribution is -0.118. The van der Waals surface area contributed by atoms with E-state index in [4.69, 9.17) is 19.6 Å². The summed E-state index contributed by atoms with van der Waals surface area (Å²) >= 11 is 0. The number of ether oxygens (including phenoxy) is 2. The van der Waals surface area contributed by atoms with Crippen LogP contribution in [0.4, 0.5) is 0 Å². The van der Waals surface area contributed by atoms with Crippen molar-refractivity contribution < 1.29 is 23.8 Å². The number of fused-ring (bicyclic) bond motifs is 2. The van der Waals surface area contributed by atoms with E-state index in [1.165, 1.54) is 6.92 Å². The third-order valence-corrected chi connectivity index (χ3v) is 4.54. The lowest BCUT2D eigenvalue weighted by atomic mass is 9.92. The molecule has 1 aliphatic heterocycles. The van der Waals surface area contributed by atoms with Gasteiger partial charge in [-0.25, -0.2) is 0 Å². The van der Waals surface area contributed by atoms with Gasteiger partial charge in [0.15, 0.2) is 17.3 Å². The van der Waals surface area contributed by atoms with Crippen LogP contribution in [0.2, 0.25) is 0 Å². The van der Waals surface area contributed by atoms with Crippen molar-refractivity contribution >= 4 is 16.8 Å². The van der Waals surface area contributed by atoms with E-state index in [9.17, 15) is 19.5 Å². The predicted octanol–water partition coefficient (Wildman–Crippen LogP) is 1.23. The van der Waals surface area contributed by atoms with Gasteiger partial charge in [0.05, 0.1) is 11.4 Å². The van der Waals surface area contributed by atoms with Crippen LogP contribution >= 0.6 is 0 Å².